The first-order valence-electron chi connectivity index (χ1n) is 6.82. The maximum Gasteiger partial charge on any atom is 0.269 e. The van der Waals surface area contributed by atoms with Gasteiger partial charge in [0.1, 0.15) is 11.4 Å². The van der Waals surface area contributed by atoms with E-state index in [0.29, 0.717) is 11.5 Å². The molecule has 0 radical (unpaired) electrons. The highest BCUT2D eigenvalue weighted by molar-refractivity contribution is 5.93. The monoisotopic (exact) mass is 296 g/mol. The molecular weight excluding hydrogens is 280 g/mol. The molecule has 22 heavy (non-hydrogen) atoms. The standard InChI is InChI=1S/C16H16N4O2/c1-17-16(21)14-9-15(20-19-14)18-12-5-3-11-8-13(22-2)6-4-10(11)7-12/h3-9H,1-2H3,(H,17,21)(H2,18,19,20). The molecule has 3 N–H and O–H groups in total. The SMILES string of the molecule is CNC(=O)c1cc(Nc2ccc3cc(OC)ccc3c2)n[nH]1. The van der Waals surface area contributed by atoms with Crippen LogP contribution < -0.4 is 15.4 Å². The number of hydrogen-bond donors (Lipinski definition) is 3. The number of methoxy groups -OCH3 is 1. The number of benzene rings is 2. The average molecular weight is 296 g/mol. The fourth-order valence-corrected chi connectivity index (χ4v) is 2.21. The Kier molecular flexibility index (Phi) is 3.65. The maximum atomic E-state index is 11.5. The third-order valence-electron chi connectivity index (χ3n) is 3.37. The molecule has 0 spiro atoms. The van der Waals surface area contributed by atoms with Gasteiger partial charge in [0.05, 0.1) is 7.11 Å². The number of fused-ring (bicyclic) bond motifs is 1. The first-order chi connectivity index (χ1) is 10.7. The summed E-state index contributed by atoms with van der Waals surface area (Å²) >= 11 is 0. The lowest BCUT2D eigenvalue weighted by molar-refractivity contribution is 0.0958. The number of carbonyl (C=O) groups excluding carboxylic acids is 1. The van der Waals surface area contributed by atoms with Crippen molar-refractivity contribution in [1.82, 2.24) is 15.5 Å². The van der Waals surface area contributed by atoms with Gasteiger partial charge in [0.15, 0.2) is 5.82 Å². The van der Waals surface area contributed by atoms with Crippen LogP contribution in [0, 0.1) is 0 Å². The molecule has 112 valence electrons. The summed E-state index contributed by atoms with van der Waals surface area (Å²) in [5.41, 5.74) is 1.31. The van der Waals surface area contributed by atoms with E-state index >= 15 is 0 Å². The highest BCUT2D eigenvalue weighted by Crippen LogP contribution is 2.25. The number of anilines is 2. The van der Waals surface area contributed by atoms with Crippen LogP contribution in [0.5, 0.6) is 5.75 Å². The molecule has 0 bridgehead atoms. The Morgan fingerprint density at radius 3 is 2.68 bits per heavy atom. The number of rotatable bonds is 4. The molecule has 3 rings (SSSR count). The van der Waals surface area contributed by atoms with Gasteiger partial charge < -0.3 is 15.4 Å². The number of H-pyrrole nitrogens is 1. The van der Waals surface area contributed by atoms with Crippen LogP contribution in [0.2, 0.25) is 0 Å². The molecule has 0 saturated heterocycles. The Balaban J connectivity index is 1.84. The summed E-state index contributed by atoms with van der Waals surface area (Å²) in [5.74, 6) is 1.22. The van der Waals surface area contributed by atoms with Crippen molar-refractivity contribution in [3.8, 4) is 5.75 Å². The van der Waals surface area contributed by atoms with Gasteiger partial charge in [0, 0.05) is 18.8 Å². The van der Waals surface area contributed by atoms with Gasteiger partial charge in [-0.05, 0) is 35.0 Å². The summed E-state index contributed by atoms with van der Waals surface area (Å²) in [4.78, 5) is 11.5. The van der Waals surface area contributed by atoms with Crippen molar-refractivity contribution >= 4 is 28.2 Å². The van der Waals surface area contributed by atoms with E-state index in [-0.39, 0.29) is 5.91 Å². The molecule has 0 saturated carbocycles. The van der Waals surface area contributed by atoms with Crippen molar-refractivity contribution in [3.05, 3.63) is 48.2 Å². The first kappa shape index (κ1) is 13.9. The van der Waals surface area contributed by atoms with Gasteiger partial charge in [-0.25, -0.2) is 0 Å². The molecule has 1 aromatic heterocycles. The molecule has 6 nitrogen and oxygen atoms in total. The smallest absolute Gasteiger partial charge is 0.269 e. The van der Waals surface area contributed by atoms with Crippen molar-refractivity contribution in [2.24, 2.45) is 0 Å². The number of carbonyl (C=O) groups is 1. The van der Waals surface area contributed by atoms with Crippen LogP contribution in [0.1, 0.15) is 10.5 Å². The fraction of sp³-hybridized carbons (Fsp3) is 0.125. The second-order valence-electron chi connectivity index (χ2n) is 4.80. The Labute approximate surface area is 127 Å². The highest BCUT2D eigenvalue weighted by atomic mass is 16.5. The Morgan fingerprint density at radius 2 is 1.91 bits per heavy atom. The number of ether oxygens (including phenoxy) is 1. The molecule has 1 amide bonds. The molecule has 0 fully saturated rings. The predicted octanol–water partition coefficient (Wildman–Crippen LogP) is 2.67. The predicted molar refractivity (Wildman–Crippen MR) is 85.8 cm³/mol. The van der Waals surface area contributed by atoms with Crippen LogP contribution in [0.4, 0.5) is 11.5 Å². The Hall–Kier alpha value is -3.02. The van der Waals surface area contributed by atoms with Crippen LogP contribution >= 0.6 is 0 Å². The minimum Gasteiger partial charge on any atom is -0.497 e. The van der Waals surface area contributed by atoms with E-state index in [2.05, 4.69) is 20.8 Å². The molecular formula is C16H16N4O2. The van der Waals surface area contributed by atoms with Gasteiger partial charge in [-0.1, -0.05) is 12.1 Å². The lowest BCUT2D eigenvalue weighted by atomic mass is 10.1. The summed E-state index contributed by atoms with van der Waals surface area (Å²) < 4.78 is 5.22. The van der Waals surface area contributed by atoms with Crippen molar-refractivity contribution in [2.75, 3.05) is 19.5 Å². The summed E-state index contributed by atoms with van der Waals surface area (Å²) in [6.45, 7) is 0. The normalized spacial score (nSPS) is 10.5. The zero-order chi connectivity index (χ0) is 15.5. The van der Waals surface area contributed by atoms with Crippen molar-refractivity contribution in [1.29, 1.82) is 0 Å². The number of aromatic nitrogens is 2. The summed E-state index contributed by atoms with van der Waals surface area (Å²) in [6.07, 6.45) is 0. The largest absolute Gasteiger partial charge is 0.497 e. The molecule has 0 aliphatic carbocycles. The first-order valence-corrected chi connectivity index (χ1v) is 6.82. The summed E-state index contributed by atoms with van der Waals surface area (Å²) in [7, 11) is 3.23. The van der Waals surface area contributed by atoms with Crippen LogP contribution in [-0.4, -0.2) is 30.3 Å². The summed E-state index contributed by atoms with van der Waals surface area (Å²) in [5, 5.41) is 14.7. The third-order valence-corrected chi connectivity index (χ3v) is 3.37. The zero-order valence-electron chi connectivity index (χ0n) is 12.3. The van der Waals surface area contributed by atoms with E-state index in [1.807, 2.05) is 36.4 Å². The third kappa shape index (κ3) is 2.71. The molecule has 6 heteroatoms. The fourth-order valence-electron chi connectivity index (χ4n) is 2.21. The van der Waals surface area contributed by atoms with Gasteiger partial charge in [0.25, 0.3) is 5.91 Å². The van der Waals surface area contributed by atoms with Gasteiger partial charge in [-0.15, -0.1) is 0 Å². The molecule has 3 aromatic rings. The van der Waals surface area contributed by atoms with Crippen molar-refractivity contribution in [2.45, 2.75) is 0 Å². The van der Waals surface area contributed by atoms with E-state index < -0.39 is 0 Å². The number of aromatic amines is 1. The number of amides is 1. The number of nitrogens with one attached hydrogen (secondary N) is 3. The zero-order valence-corrected chi connectivity index (χ0v) is 12.3. The molecule has 0 aliphatic rings. The lowest BCUT2D eigenvalue weighted by Gasteiger charge is -2.06. The molecule has 2 aromatic carbocycles. The average Bonchev–Trinajstić information content (AvgIpc) is 3.02. The molecule has 0 unspecified atom stereocenters. The molecule has 0 aliphatic heterocycles. The lowest BCUT2D eigenvalue weighted by Crippen LogP contribution is -2.17. The number of hydrogen-bond acceptors (Lipinski definition) is 4. The van der Waals surface area contributed by atoms with Crippen molar-refractivity contribution < 1.29 is 9.53 Å². The van der Waals surface area contributed by atoms with Crippen molar-refractivity contribution in [3.63, 3.8) is 0 Å². The topological polar surface area (TPSA) is 79.0 Å². The Bertz CT molecular complexity index is 826. The van der Waals surface area contributed by atoms with Gasteiger partial charge in [-0.2, -0.15) is 5.10 Å². The van der Waals surface area contributed by atoms with E-state index in [4.69, 9.17) is 4.74 Å². The van der Waals surface area contributed by atoms with Gasteiger partial charge in [0.2, 0.25) is 0 Å². The molecule has 1 heterocycles. The van der Waals surface area contributed by atoms with Crippen LogP contribution in [0.15, 0.2) is 42.5 Å². The van der Waals surface area contributed by atoms with Crippen LogP contribution in [0.25, 0.3) is 10.8 Å². The van der Waals surface area contributed by atoms with Gasteiger partial charge >= 0.3 is 0 Å². The number of nitrogens with zero attached hydrogens (tertiary/aromatic N) is 1. The summed E-state index contributed by atoms with van der Waals surface area (Å²) in [6, 6.07) is 13.5. The minimum absolute atomic E-state index is 0.203. The van der Waals surface area contributed by atoms with E-state index in [1.54, 1.807) is 20.2 Å². The second-order valence-corrected chi connectivity index (χ2v) is 4.80. The Morgan fingerprint density at radius 1 is 1.14 bits per heavy atom. The second kappa shape index (κ2) is 5.77. The maximum absolute atomic E-state index is 11.5. The van der Waals surface area contributed by atoms with E-state index in [0.717, 1.165) is 22.2 Å². The van der Waals surface area contributed by atoms with E-state index in [9.17, 15) is 4.79 Å². The highest BCUT2D eigenvalue weighted by Gasteiger charge is 2.08. The van der Waals surface area contributed by atoms with Crippen LogP contribution in [0.3, 0.4) is 0 Å². The van der Waals surface area contributed by atoms with Crippen LogP contribution in [-0.2, 0) is 0 Å². The molecule has 0 atom stereocenters. The van der Waals surface area contributed by atoms with Gasteiger partial charge in [-0.3, -0.25) is 9.89 Å². The minimum atomic E-state index is -0.203. The van der Waals surface area contributed by atoms with E-state index in [1.165, 1.54) is 0 Å². The quantitative estimate of drug-likeness (QED) is 0.691.